The average Bonchev–Trinajstić information content (AvgIpc) is 2.66. The van der Waals surface area contributed by atoms with Crippen LogP contribution >= 0.6 is 0 Å². The van der Waals surface area contributed by atoms with E-state index in [4.69, 9.17) is 5.14 Å². The van der Waals surface area contributed by atoms with Gasteiger partial charge in [0.25, 0.3) is 5.56 Å². The van der Waals surface area contributed by atoms with Gasteiger partial charge in [-0.05, 0) is 50.5 Å². The Morgan fingerprint density at radius 3 is 2.53 bits per heavy atom. The molecule has 1 unspecified atom stereocenters. The number of hydrogen-bond acceptors (Lipinski definition) is 7. The van der Waals surface area contributed by atoms with Gasteiger partial charge in [-0.3, -0.25) is 14.8 Å². The molecule has 3 rings (SSSR count). The third-order valence-electron chi connectivity index (χ3n) is 4.74. The first-order chi connectivity index (χ1) is 13.6. The molecule has 1 aliphatic rings. The molecule has 1 atom stereocenters. The van der Waals surface area contributed by atoms with E-state index in [0.29, 0.717) is 36.5 Å². The van der Waals surface area contributed by atoms with Gasteiger partial charge >= 0.3 is 5.97 Å². The quantitative estimate of drug-likeness (QED) is 0.567. The molecule has 1 aromatic carbocycles. The van der Waals surface area contributed by atoms with Gasteiger partial charge in [-0.1, -0.05) is 6.92 Å². The van der Waals surface area contributed by atoms with E-state index in [0.717, 1.165) is 0 Å². The zero-order valence-electron chi connectivity index (χ0n) is 16.4. The molecule has 0 spiro atoms. The Bertz CT molecular complexity index is 1150. The molecular weight excluding hydrogens is 414 g/mol. The van der Waals surface area contributed by atoms with Crippen molar-refractivity contribution in [2.24, 2.45) is 10.2 Å². The number of nitrogens with two attached hydrogens (primary N) is 1. The number of aryl methyl sites for hydroxylation is 1. The number of nitrogens with one attached hydrogen (secondary N) is 1. The van der Waals surface area contributed by atoms with Crippen LogP contribution in [0.5, 0.6) is 0 Å². The van der Waals surface area contributed by atoms with E-state index >= 15 is 0 Å². The van der Waals surface area contributed by atoms with E-state index in [2.05, 4.69) is 15.5 Å². The molecule has 6 N–H and O–H groups in total. The van der Waals surface area contributed by atoms with Crippen LogP contribution in [0, 0.1) is 0 Å². The van der Waals surface area contributed by atoms with E-state index in [-0.39, 0.29) is 27.7 Å². The predicted molar refractivity (Wildman–Crippen MR) is 110 cm³/mol. The highest BCUT2D eigenvalue weighted by atomic mass is 32.2. The van der Waals surface area contributed by atoms with Gasteiger partial charge < -0.3 is 10.6 Å². The number of aromatic carboxylic acids is 1. The maximum absolute atomic E-state index is 12.8. The number of carboxylic acids is 1. The molecule has 11 nitrogen and oxygen atoms in total. The molecule has 0 radical (unpaired) electrons. The minimum absolute atomic E-state index is 0. The SMILES string of the molecule is CCc1nc2n(c(=O)c1C(=O)O)C(C)CCC2=NNc1ccc(S(N)(=O)=O)cc1.O. The third-order valence-corrected chi connectivity index (χ3v) is 5.67. The van der Waals surface area contributed by atoms with Crippen LogP contribution in [0.25, 0.3) is 0 Å². The standard InChI is InChI=1S/C18H21N5O5S.H2O/c1-3-13-15(18(25)26)17(24)23-10(2)4-9-14(16(23)20-13)22-21-11-5-7-12(8-6-11)29(19,27)28;/h5-8,10,21H,3-4,9H2,1-2H3,(H,25,26)(H2,19,27,28);1H2. The number of carboxylic acid groups (broad SMARTS) is 1. The van der Waals surface area contributed by atoms with Crippen molar-refractivity contribution >= 4 is 27.4 Å². The minimum Gasteiger partial charge on any atom is -0.477 e. The Morgan fingerprint density at radius 2 is 2.00 bits per heavy atom. The van der Waals surface area contributed by atoms with Crippen LogP contribution in [-0.4, -0.2) is 40.2 Å². The predicted octanol–water partition coefficient (Wildman–Crippen LogP) is 0.498. The second kappa shape index (κ2) is 8.73. The van der Waals surface area contributed by atoms with Gasteiger partial charge in [0.1, 0.15) is 11.3 Å². The largest absolute Gasteiger partial charge is 0.477 e. The van der Waals surface area contributed by atoms with E-state index in [1.54, 1.807) is 6.92 Å². The molecule has 1 aliphatic heterocycles. The molecule has 162 valence electrons. The van der Waals surface area contributed by atoms with Crippen molar-refractivity contribution in [2.45, 2.75) is 44.0 Å². The van der Waals surface area contributed by atoms with Crippen molar-refractivity contribution in [2.75, 3.05) is 5.43 Å². The third kappa shape index (κ3) is 4.40. The van der Waals surface area contributed by atoms with Crippen LogP contribution in [0.15, 0.2) is 39.1 Å². The van der Waals surface area contributed by atoms with E-state index in [9.17, 15) is 23.1 Å². The summed E-state index contributed by atoms with van der Waals surface area (Å²) >= 11 is 0. The van der Waals surface area contributed by atoms with Crippen molar-refractivity contribution < 1.29 is 23.8 Å². The summed E-state index contributed by atoms with van der Waals surface area (Å²) in [5.74, 6) is -0.955. The first kappa shape index (κ1) is 23.2. The maximum Gasteiger partial charge on any atom is 0.343 e. The first-order valence-corrected chi connectivity index (χ1v) is 10.5. The molecule has 2 heterocycles. The Hall–Kier alpha value is -3.09. The lowest BCUT2D eigenvalue weighted by Gasteiger charge is -2.26. The van der Waals surface area contributed by atoms with Crippen LogP contribution in [-0.2, 0) is 16.4 Å². The van der Waals surface area contributed by atoms with Gasteiger partial charge in [-0.25, -0.2) is 23.3 Å². The number of hydrazone groups is 1. The number of hydrogen-bond donors (Lipinski definition) is 3. The number of fused-ring (bicyclic) bond motifs is 1. The van der Waals surface area contributed by atoms with Crippen LogP contribution in [0.2, 0.25) is 0 Å². The molecule has 0 saturated heterocycles. The van der Waals surface area contributed by atoms with Gasteiger partial charge in [0.15, 0.2) is 5.82 Å². The lowest BCUT2D eigenvalue weighted by molar-refractivity contribution is 0.0692. The molecule has 30 heavy (non-hydrogen) atoms. The Balaban J connectivity index is 0.00000320. The number of benzene rings is 1. The summed E-state index contributed by atoms with van der Waals surface area (Å²) in [6.07, 6.45) is 1.45. The minimum atomic E-state index is -3.78. The Labute approximate surface area is 172 Å². The molecule has 2 aromatic rings. The van der Waals surface area contributed by atoms with E-state index in [1.165, 1.54) is 28.8 Å². The van der Waals surface area contributed by atoms with Crippen molar-refractivity contribution in [1.29, 1.82) is 0 Å². The molecule has 12 heteroatoms. The number of anilines is 1. The van der Waals surface area contributed by atoms with Crippen molar-refractivity contribution in [3.63, 3.8) is 0 Å². The summed E-state index contributed by atoms with van der Waals surface area (Å²) in [6, 6.07) is 5.53. The normalized spacial score (nSPS) is 17.2. The Kier molecular flexibility index (Phi) is 6.75. The first-order valence-electron chi connectivity index (χ1n) is 8.98. The number of rotatable bonds is 5. The number of sulfonamides is 1. The van der Waals surface area contributed by atoms with Gasteiger partial charge in [0.2, 0.25) is 10.0 Å². The number of aromatic nitrogens is 2. The Morgan fingerprint density at radius 1 is 1.37 bits per heavy atom. The van der Waals surface area contributed by atoms with Crippen LogP contribution in [0.4, 0.5) is 5.69 Å². The van der Waals surface area contributed by atoms with Crippen LogP contribution < -0.4 is 16.1 Å². The molecule has 0 bridgehead atoms. The van der Waals surface area contributed by atoms with Crippen molar-refractivity contribution in [3.8, 4) is 0 Å². The van der Waals surface area contributed by atoms with E-state index in [1.807, 2.05) is 6.92 Å². The van der Waals surface area contributed by atoms with E-state index < -0.39 is 21.6 Å². The molecule has 0 saturated carbocycles. The van der Waals surface area contributed by atoms with Crippen LogP contribution in [0.3, 0.4) is 0 Å². The number of primary sulfonamides is 1. The maximum atomic E-state index is 12.8. The van der Waals surface area contributed by atoms with Crippen molar-refractivity contribution in [1.82, 2.24) is 9.55 Å². The van der Waals surface area contributed by atoms with Gasteiger partial charge in [0, 0.05) is 6.04 Å². The summed E-state index contributed by atoms with van der Waals surface area (Å²) < 4.78 is 24.0. The summed E-state index contributed by atoms with van der Waals surface area (Å²) in [4.78, 5) is 28.7. The second-order valence-electron chi connectivity index (χ2n) is 6.72. The fourth-order valence-electron chi connectivity index (χ4n) is 3.20. The second-order valence-corrected chi connectivity index (χ2v) is 8.28. The van der Waals surface area contributed by atoms with Crippen LogP contribution in [0.1, 0.15) is 54.6 Å². The number of carbonyl (C=O) groups is 1. The lowest BCUT2D eigenvalue weighted by atomic mass is 10.0. The summed E-state index contributed by atoms with van der Waals surface area (Å²) in [6.45, 7) is 3.57. The highest BCUT2D eigenvalue weighted by Gasteiger charge is 2.29. The molecule has 0 fully saturated rings. The van der Waals surface area contributed by atoms with Gasteiger partial charge in [-0.15, -0.1) is 0 Å². The van der Waals surface area contributed by atoms with Crippen molar-refractivity contribution in [3.05, 3.63) is 51.7 Å². The molecule has 1 aromatic heterocycles. The zero-order valence-corrected chi connectivity index (χ0v) is 17.2. The molecular formula is C18H23N5O6S. The lowest BCUT2D eigenvalue weighted by Crippen LogP contribution is -2.38. The highest BCUT2D eigenvalue weighted by molar-refractivity contribution is 7.89. The molecule has 0 aliphatic carbocycles. The average molecular weight is 437 g/mol. The fourth-order valence-corrected chi connectivity index (χ4v) is 3.72. The fraction of sp³-hybridized carbons (Fsp3) is 0.333. The van der Waals surface area contributed by atoms with Gasteiger partial charge in [0.05, 0.1) is 16.3 Å². The summed E-state index contributed by atoms with van der Waals surface area (Å²) in [7, 11) is -3.78. The monoisotopic (exact) mass is 437 g/mol. The summed E-state index contributed by atoms with van der Waals surface area (Å²) in [5, 5.41) is 18.8. The highest BCUT2D eigenvalue weighted by Crippen LogP contribution is 2.23. The summed E-state index contributed by atoms with van der Waals surface area (Å²) in [5.41, 5.74) is 3.18. The topological polar surface area (TPSA) is 188 Å². The smallest absolute Gasteiger partial charge is 0.343 e. The zero-order chi connectivity index (χ0) is 21.3. The van der Waals surface area contributed by atoms with Gasteiger partial charge in [-0.2, -0.15) is 5.10 Å². The number of nitrogens with zero attached hydrogens (tertiary/aromatic N) is 3. The molecule has 0 amide bonds.